The van der Waals surface area contributed by atoms with Gasteiger partial charge in [-0.15, -0.1) is 0 Å². The summed E-state index contributed by atoms with van der Waals surface area (Å²) >= 11 is 1.59. The molecule has 2 fully saturated rings. The Labute approximate surface area is 171 Å². The van der Waals surface area contributed by atoms with Crippen molar-refractivity contribution in [3.8, 4) is 11.3 Å². The highest BCUT2D eigenvalue weighted by Gasteiger charge is 2.30. The van der Waals surface area contributed by atoms with E-state index < -0.39 is 0 Å². The molecule has 1 aliphatic carbocycles. The quantitative estimate of drug-likeness (QED) is 0.532. The number of carbonyl (C=O) groups is 1. The lowest BCUT2D eigenvalue weighted by Gasteiger charge is -2.25. The number of imidazole rings is 1. The van der Waals surface area contributed by atoms with Gasteiger partial charge in [-0.1, -0.05) is 12.1 Å². The highest BCUT2D eigenvalue weighted by Crippen LogP contribution is 2.31. The standard InChI is InChI=1S/C19H21N7O2S/c27-18(13-1-2-13)24-19-22-15(16-17(23-19)21-11-20-16)12-3-5-14(6-4-12)25-29-26-7-9-28-10-8-26/h3-6,11,13,25H,1-2,7-10H2,(H2,20,21,22,23,24,27). The van der Waals surface area contributed by atoms with Crippen LogP contribution in [-0.4, -0.2) is 56.5 Å². The van der Waals surface area contributed by atoms with Crippen LogP contribution >= 0.6 is 12.1 Å². The van der Waals surface area contributed by atoms with Gasteiger partial charge in [-0.2, -0.15) is 4.98 Å². The van der Waals surface area contributed by atoms with Gasteiger partial charge in [-0.05, 0) is 25.0 Å². The number of hydrogen-bond acceptors (Lipinski definition) is 8. The molecule has 3 aromatic rings. The molecule has 29 heavy (non-hydrogen) atoms. The van der Waals surface area contributed by atoms with Gasteiger partial charge in [0, 0.05) is 42.4 Å². The van der Waals surface area contributed by atoms with Gasteiger partial charge in [0.15, 0.2) is 5.65 Å². The summed E-state index contributed by atoms with van der Waals surface area (Å²) in [5, 5.41) is 2.82. The number of H-pyrrole nitrogens is 1. The zero-order valence-electron chi connectivity index (χ0n) is 15.7. The molecule has 0 spiro atoms. The monoisotopic (exact) mass is 411 g/mol. The van der Waals surface area contributed by atoms with Gasteiger partial charge < -0.3 is 14.4 Å². The first-order chi connectivity index (χ1) is 14.3. The van der Waals surface area contributed by atoms with E-state index in [2.05, 4.69) is 34.3 Å². The third kappa shape index (κ3) is 4.19. The SMILES string of the molecule is O=C(Nc1nc(-c2ccc(NSN3CCOCC3)cc2)c2[nH]cnc2n1)C1CC1. The molecule has 1 amide bonds. The molecule has 1 saturated carbocycles. The summed E-state index contributed by atoms with van der Waals surface area (Å²) in [5.74, 6) is 0.360. The number of hydrogen-bond donors (Lipinski definition) is 3. The van der Waals surface area contributed by atoms with Crippen LogP contribution in [0.2, 0.25) is 0 Å². The molecule has 10 heteroatoms. The Kier molecular flexibility index (Phi) is 5.04. The van der Waals surface area contributed by atoms with Gasteiger partial charge >= 0.3 is 0 Å². The second-order valence-corrected chi connectivity index (χ2v) is 7.98. The summed E-state index contributed by atoms with van der Waals surface area (Å²) in [7, 11) is 0. The highest BCUT2D eigenvalue weighted by atomic mass is 32.2. The Morgan fingerprint density at radius 3 is 2.72 bits per heavy atom. The number of carbonyl (C=O) groups excluding carboxylic acids is 1. The van der Waals surface area contributed by atoms with Crippen LogP contribution in [0.4, 0.5) is 11.6 Å². The Bertz CT molecular complexity index is 1010. The number of rotatable bonds is 6. The fourth-order valence-electron chi connectivity index (χ4n) is 3.11. The molecular formula is C19H21N7O2S. The number of aromatic amines is 1. The highest BCUT2D eigenvalue weighted by molar-refractivity contribution is 7.98. The summed E-state index contributed by atoms with van der Waals surface area (Å²) in [6, 6.07) is 8.01. The fourth-order valence-corrected chi connectivity index (χ4v) is 3.81. The zero-order chi connectivity index (χ0) is 19.6. The summed E-state index contributed by atoms with van der Waals surface area (Å²) in [4.78, 5) is 28.4. The number of nitrogens with one attached hydrogen (secondary N) is 3. The number of amides is 1. The van der Waals surface area contributed by atoms with Crippen molar-refractivity contribution in [3.05, 3.63) is 30.6 Å². The maximum Gasteiger partial charge on any atom is 0.232 e. The van der Waals surface area contributed by atoms with Crippen LogP contribution in [0.1, 0.15) is 12.8 Å². The number of aromatic nitrogens is 4. The molecule has 0 bridgehead atoms. The molecule has 0 atom stereocenters. The summed E-state index contributed by atoms with van der Waals surface area (Å²) in [6.07, 6.45) is 3.45. The molecule has 0 radical (unpaired) electrons. The van der Waals surface area contributed by atoms with Crippen molar-refractivity contribution >= 4 is 40.8 Å². The maximum atomic E-state index is 12.1. The van der Waals surface area contributed by atoms with E-state index in [9.17, 15) is 4.79 Å². The van der Waals surface area contributed by atoms with Crippen LogP contribution in [0.3, 0.4) is 0 Å². The lowest BCUT2D eigenvalue weighted by atomic mass is 10.1. The predicted molar refractivity (Wildman–Crippen MR) is 112 cm³/mol. The average molecular weight is 411 g/mol. The van der Waals surface area contributed by atoms with Crippen molar-refractivity contribution in [3.63, 3.8) is 0 Å². The van der Waals surface area contributed by atoms with E-state index in [4.69, 9.17) is 4.74 Å². The van der Waals surface area contributed by atoms with Crippen LogP contribution in [-0.2, 0) is 9.53 Å². The van der Waals surface area contributed by atoms with Crippen LogP contribution in [0, 0.1) is 5.92 Å². The smallest absolute Gasteiger partial charge is 0.232 e. The molecule has 1 aliphatic heterocycles. The molecule has 9 nitrogen and oxygen atoms in total. The Morgan fingerprint density at radius 2 is 1.97 bits per heavy atom. The Hall–Kier alpha value is -2.69. The van der Waals surface area contributed by atoms with E-state index in [1.54, 1.807) is 18.5 Å². The van der Waals surface area contributed by atoms with Gasteiger partial charge in [-0.25, -0.2) is 14.3 Å². The predicted octanol–water partition coefficient (Wildman–Crippen LogP) is 2.68. The Balaban J connectivity index is 1.35. The minimum Gasteiger partial charge on any atom is -0.379 e. The topological polar surface area (TPSA) is 108 Å². The molecule has 2 aromatic heterocycles. The molecule has 1 aromatic carbocycles. The number of anilines is 2. The van der Waals surface area contributed by atoms with Gasteiger partial charge in [0.05, 0.1) is 19.5 Å². The van der Waals surface area contributed by atoms with Gasteiger partial charge in [0.1, 0.15) is 11.2 Å². The Morgan fingerprint density at radius 1 is 1.17 bits per heavy atom. The molecule has 0 unspecified atom stereocenters. The number of fused-ring (bicyclic) bond motifs is 1. The van der Waals surface area contributed by atoms with E-state index >= 15 is 0 Å². The van der Waals surface area contributed by atoms with Crippen LogP contribution < -0.4 is 10.0 Å². The van der Waals surface area contributed by atoms with Crippen molar-refractivity contribution < 1.29 is 9.53 Å². The molecule has 2 aliphatic rings. The summed E-state index contributed by atoms with van der Waals surface area (Å²) in [6.45, 7) is 3.34. The number of nitrogens with zero attached hydrogens (tertiary/aromatic N) is 4. The fraction of sp³-hybridized carbons (Fsp3) is 0.368. The number of benzene rings is 1. The van der Waals surface area contributed by atoms with E-state index in [0.717, 1.165) is 55.9 Å². The second kappa shape index (κ2) is 7.97. The zero-order valence-corrected chi connectivity index (χ0v) is 16.5. The van der Waals surface area contributed by atoms with E-state index in [1.807, 2.05) is 24.3 Å². The van der Waals surface area contributed by atoms with Crippen molar-refractivity contribution in [1.29, 1.82) is 0 Å². The van der Waals surface area contributed by atoms with Crippen LogP contribution in [0.15, 0.2) is 30.6 Å². The van der Waals surface area contributed by atoms with Crippen molar-refractivity contribution in [2.75, 3.05) is 36.3 Å². The first-order valence-corrected chi connectivity index (χ1v) is 10.4. The molecule has 150 valence electrons. The van der Waals surface area contributed by atoms with Crippen LogP contribution in [0.25, 0.3) is 22.4 Å². The number of morpholine rings is 1. The van der Waals surface area contributed by atoms with Gasteiger partial charge in [0.25, 0.3) is 0 Å². The molecular weight excluding hydrogens is 390 g/mol. The van der Waals surface area contributed by atoms with Crippen molar-refractivity contribution in [2.24, 2.45) is 5.92 Å². The largest absolute Gasteiger partial charge is 0.379 e. The third-order valence-corrected chi connectivity index (χ3v) is 5.84. The van der Waals surface area contributed by atoms with Gasteiger partial charge in [0.2, 0.25) is 11.9 Å². The number of ether oxygens (including phenoxy) is 1. The van der Waals surface area contributed by atoms with Gasteiger partial charge in [-0.3, -0.25) is 10.1 Å². The third-order valence-electron chi connectivity index (χ3n) is 4.89. The summed E-state index contributed by atoms with van der Waals surface area (Å²) in [5.41, 5.74) is 3.92. The normalized spacial score (nSPS) is 17.4. The second-order valence-electron chi connectivity index (χ2n) is 7.07. The van der Waals surface area contributed by atoms with Crippen LogP contribution in [0.5, 0.6) is 0 Å². The first-order valence-electron chi connectivity index (χ1n) is 9.64. The molecule has 3 heterocycles. The van der Waals surface area contributed by atoms with Crippen molar-refractivity contribution in [2.45, 2.75) is 12.8 Å². The lowest BCUT2D eigenvalue weighted by molar-refractivity contribution is -0.117. The molecule has 3 N–H and O–H groups in total. The van der Waals surface area contributed by atoms with E-state index in [-0.39, 0.29) is 11.8 Å². The minimum absolute atomic E-state index is 0.0227. The average Bonchev–Trinajstić information content (AvgIpc) is 3.51. The molecule has 1 saturated heterocycles. The van der Waals surface area contributed by atoms with Crippen molar-refractivity contribution in [1.82, 2.24) is 24.2 Å². The first kappa shape index (κ1) is 18.3. The van der Waals surface area contributed by atoms with E-state index in [1.165, 1.54) is 0 Å². The van der Waals surface area contributed by atoms with E-state index in [0.29, 0.717) is 17.3 Å². The molecule has 5 rings (SSSR count). The summed E-state index contributed by atoms with van der Waals surface area (Å²) < 4.78 is 11.0. The maximum absolute atomic E-state index is 12.1. The minimum atomic E-state index is -0.0227. The lowest BCUT2D eigenvalue weighted by Crippen LogP contribution is -2.31.